The first-order valence-corrected chi connectivity index (χ1v) is 14.6. The Morgan fingerprint density at radius 2 is 1.90 bits per heavy atom. The lowest BCUT2D eigenvalue weighted by molar-refractivity contribution is -0.0533. The molecule has 4 atom stereocenters. The van der Waals surface area contributed by atoms with Crippen molar-refractivity contribution in [3.05, 3.63) is 46.9 Å². The van der Waals surface area contributed by atoms with Gasteiger partial charge in [0.05, 0.1) is 32.0 Å². The number of hydrogen-bond donors (Lipinski definition) is 2. The van der Waals surface area contributed by atoms with Crippen LogP contribution in [0.3, 0.4) is 0 Å². The lowest BCUT2D eigenvalue weighted by atomic mass is 9.98. The lowest BCUT2D eigenvalue weighted by Gasteiger charge is -2.38. The van der Waals surface area contributed by atoms with Gasteiger partial charge in [-0.2, -0.15) is 0 Å². The molecule has 0 aliphatic carbocycles. The summed E-state index contributed by atoms with van der Waals surface area (Å²) >= 11 is 6.05. The average Bonchev–Trinajstić information content (AvgIpc) is 3.00. The molecule has 40 heavy (non-hydrogen) atoms. The van der Waals surface area contributed by atoms with Gasteiger partial charge in [0.25, 0.3) is 5.91 Å². The molecule has 1 aromatic heterocycles. The molecule has 1 aromatic carbocycles. The standard InChI is InChI=1S/C29H40ClN5O5/c1-37-25-17-39-15-12-23(25)34-21-10-13-35(14-11-21)29(36)26-27(38-2)28(33-18-32-26)31-16-22-4-3-5-24(40-22)19-6-8-20(30)9-7-19/h6-9,18,21-25,34H,3-5,10-17H2,1-2H3,(H,31,32,33). The second-order valence-electron chi connectivity index (χ2n) is 10.7. The number of halogens is 1. The summed E-state index contributed by atoms with van der Waals surface area (Å²) in [7, 11) is 3.28. The molecule has 10 nitrogen and oxygen atoms in total. The molecule has 4 unspecified atom stereocenters. The van der Waals surface area contributed by atoms with Crippen LogP contribution in [0.5, 0.6) is 5.75 Å². The van der Waals surface area contributed by atoms with Crippen molar-refractivity contribution in [3.8, 4) is 5.75 Å². The SMILES string of the molecule is COc1c(NCC2CCCC(c3ccc(Cl)cc3)O2)ncnc1C(=O)N1CCC(NC2CCOCC2OC)CC1. The van der Waals surface area contributed by atoms with Gasteiger partial charge in [0.15, 0.2) is 17.3 Å². The first-order chi connectivity index (χ1) is 19.6. The van der Waals surface area contributed by atoms with Gasteiger partial charge in [0.1, 0.15) is 6.33 Å². The van der Waals surface area contributed by atoms with Crippen LogP contribution in [-0.4, -0.2) is 92.1 Å². The summed E-state index contributed by atoms with van der Waals surface area (Å²) in [5, 5.41) is 7.80. The van der Waals surface area contributed by atoms with E-state index in [2.05, 4.69) is 20.6 Å². The Hall–Kier alpha value is -2.50. The predicted molar refractivity (Wildman–Crippen MR) is 152 cm³/mol. The van der Waals surface area contributed by atoms with Crippen molar-refractivity contribution in [2.75, 3.05) is 52.4 Å². The van der Waals surface area contributed by atoms with E-state index in [1.165, 1.54) is 6.33 Å². The molecule has 2 aromatic rings. The van der Waals surface area contributed by atoms with Gasteiger partial charge in [-0.25, -0.2) is 9.97 Å². The minimum absolute atomic E-state index is 0.00760. The van der Waals surface area contributed by atoms with Gasteiger partial charge in [-0.15, -0.1) is 0 Å². The first kappa shape index (κ1) is 29.0. The molecule has 3 saturated heterocycles. The number of hydrogen-bond acceptors (Lipinski definition) is 9. The molecule has 2 N–H and O–H groups in total. The average molecular weight is 574 g/mol. The fourth-order valence-corrected chi connectivity index (χ4v) is 5.99. The minimum atomic E-state index is -0.140. The number of piperidine rings is 1. The van der Waals surface area contributed by atoms with Gasteiger partial charge < -0.3 is 34.5 Å². The van der Waals surface area contributed by atoms with Crippen molar-refractivity contribution in [2.45, 2.75) is 68.9 Å². The highest BCUT2D eigenvalue weighted by Gasteiger charge is 2.32. The molecular formula is C29H40ClN5O5. The number of nitrogens with one attached hydrogen (secondary N) is 2. The summed E-state index contributed by atoms with van der Waals surface area (Å²) in [5.74, 6) is 0.723. The van der Waals surface area contributed by atoms with E-state index in [0.29, 0.717) is 43.9 Å². The van der Waals surface area contributed by atoms with Crippen LogP contribution >= 0.6 is 11.6 Å². The van der Waals surface area contributed by atoms with Crippen molar-refractivity contribution in [2.24, 2.45) is 0 Å². The number of benzene rings is 1. The topological polar surface area (TPSA) is 107 Å². The summed E-state index contributed by atoms with van der Waals surface area (Å²) in [5.41, 5.74) is 1.41. The second-order valence-corrected chi connectivity index (χ2v) is 11.1. The quantitative estimate of drug-likeness (QED) is 0.462. The number of carbonyl (C=O) groups is 1. The van der Waals surface area contributed by atoms with E-state index in [9.17, 15) is 4.79 Å². The van der Waals surface area contributed by atoms with Crippen LogP contribution in [0.2, 0.25) is 5.02 Å². The molecular weight excluding hydrogens is 534 g/mol. The summed E-state index contributed by atoms with van der Waals surface area (Å²) in [4.78, 5) is 24.0. The Balaban J connectivity index is 1.16. The van der Waals surface area contributed by atoms with E-state index in [0.717, 1.165) is 55.7 Å². The van der Waals surface area contributed by atoms with E-state index in [1.54, 1.807) is 14.2 Å². The molecule has 0 bridgehead atoms. The van der Waals surface area contributed by atoms with E-state index < -0.39 is 0 Å². The van der Waals surface area contributed by atoms with Gasteiger partial charge in [-0.1, -0.05) is 23.7 Å². The maximum absolute atomic E-state index is 13.5. The van der Waals surface area contributed by atoms with Crippen LogP contribution in [0.25, 0.3) is 0 Å². The van der Waals surface area contributed by atoms with Crippen molar-refractivity contribution >= 4 is 23.3 Å². The number of amides is 1. The fourth-order valence-electron chi connectivity index (χ4n) is 5.86. The Kier molecular flexibility index (Phi) is 10.1. The second kappa shape index (κ2) is 13.9. The van der Waals surface area contributed by atoms with E-state index in [1.807, 2.05) is 29.2 Å². The molecule has 0 saturated carbocycles. The molecule has 0 radical (unpaired) electrons. The van der Waals surface area contributed by atoms with Crippen LogP contribution in [0, 0.1) is 0 Å². The maximum Gasteiger partial charge on any atom is 0.276 e. The number of ether oxygens (including phenoxy) is 4. The largest absolute Gasteiger partial charge is 0.491 e. The van der Waals surface area contributed by atoms with Crippen molar-refractivity contribution in [1.82, 2.24) is 20.2 Å². The smallest absolute Gasteiger partial charge is 0.276 e. The molecule has 218 valence electrons. The highest BCUT2D eigenvalue weighted by atomic mass is 35.5. The maximum atomic E-state index is 13.5. The van der Waals surface area contributed by atoms with Gasteiger partial charge in [-0.3, -0.25) is 4.79 Å². The predicted octanol–water partition coefficient (Wildman–Crippen LogP) is 3.86. The zero-order chi connectivity index (χ0) is 27.9. The molecule has 5 rings (SSSR count). The van der Waals surface area contributed by atoms with Gasteiger partial charge in [0, 0.05) is 50.5 Å². The monoisotopic (exact) mass is 573 g/mol. The van der Waals surface area contributed by atoms with E-state index in [4.69, 9.17) is 30.5 Å². The highest BCUT2D eigenvalue weighted by molar-refractivity contribution is 6.30. The third-order valence-corrected chi connectivity index (χ3v) is 8.39. The number of rotatable bonds is 9. The summed E-state index contributed by atoms with van der Waals surface area (Å²) in [6.45, 7) is 3.21. The van der Waals surface area contributed by atoms with Crippen LogP contribution in [0.4, 0.5) is 5.82 Å². The summed E-state index contributed by atoms with van der Waals surface area (Å²) in [6.07, 6.45) is 7.17. The van der Waals surface area contributed by atoms with Gasteiger partial charge in [0.2, 0.25) is 0 Å². The molecule has 1 amide bonds. The third-order valence-electron chi connectivity index (χ3n) is 8.14. The lowest BCUT2D eigenvalue weighted by Crippen LogP contribution is -2.54. The molecule has 3 fully saturated rings. The Morgan fingerprint density at radius 3 is 2.65 bits per heavy atom. The van der Waals surface area contributed by atoms with Crippen LogP contribution in [0.1, 0.15) is 60.7 Å². The first-order valence-electron chi connectivity index (χ1n) is 14.2. The van der Waals surface area contributed by atoms with Crippen molar-refractivity contribution in [1.29, 1.82) is 0 Å². The highest BCUT2D eigenvalue weighted by Crippen LogP contribution is 2.33. The van der Waals surface area contributed by atoms with Crippen molar-refractivity contribution in [3.63, 3.8) is 0 Å². The van der Waals surface area contributed by atoms with Crippen LogP contribution < -0.4 is 15.4 Å². The molecule has 11 heteroatoms. The number of carbonyl (C=O) groups excluding carboxylic acids is 1. The number of nitrogens with zero attached hydrogens (tertiary/aromatic N) is 3. The molecule has 4 heterocycles. The van der Waals surface area contributed by atoms with Gasteiger partial charge >= 0.3 is 0 Å². The fraction of sp³-hybridized carbons (Fsp3) is 0.621. The molecule has 0 spiro atoms. The number of methoxy groups -OCH3 is 2. The Bertz CT molecular complexity index is 1110. The number of anilines is 1. The molecule has 3 aliphatic rings. The Morgan fingerprint density at radius 1 is 1.10 bits per heavy atom. The minimum Gasteiger partial charge on any atom is -0.491 e. The van der Waals surface area contributed by atoms with E-state index >= 15 is 0 Å². The van der Waals surface area contributed by atoms with Crippen LogP contribution in [-0.2, 0) is 14.2 Å². The summed E-state index contributed by atoms with van der Waals surface area (Å²) in [6, 6.07) is 8.45. The van der Waals surface area contributed by atoms with Crippen LogP contribution in [0.15, 0.2) is 30.6 Å². The zero-order valence-electron chi connectivity index (χ0n) is 23.3. The van der Waals surface area contributed by atoms with Crippen molar-refractivity contribution < 1.29 is 23.7 Å². The number of aromatic nitrogens is 2. The normalized spacial score (nSPS) is 25.9. The van der Waals surface area contributed by atoms with Gasteiger partial charge in [-0.05, 0) is 56.2 Å². The summed E-state index contributed by atoms with van der Waals surface area (Å²) < 4.78 is 23.2. The number of likely N-dealkylation sites (tertiary alicyclic amines) is 1. The third kappa shape index (κ3) is 7.03. The van der Waals surface area contributed by atoms with E-state index in [-0.39, 0.29) is 36.0 Å². The zero-order valence-corrected chi connectivity index (χ0v) is 24.1. The molecule has 3 aliphatic heterocycles. The Labute approximate surface area is 241 Å².